The third-order valence-corrected chi connectivity index (χ3v) is 3.98. The minimum atomic E-state index is 0.699. The summed E-state index contributed by atoms with van der Waals surface area (Å²) in [6.07, 6.45) is 5.49. The zero-order valence-corrected chi connectivity index (χ0v) is 11.6. The summed E-state index contributed by atoms with van der Waals surface area (Å²) in [5, 5.41) is 3.72. The van der Waals surface area contributed by atoms with Crippen molar-refractivity contribution in [3.8, 4) is 0 Å². The van der Waals surface area contributed by atoms with E-state index < -0.39 is 0 Å². The Morgan fingerprint density at radius 3 is 2.78 bits per heavy atom. The molecule has 1 aliphatic carbocycles. The Balaban J connectivity index is 1.87. The van der Waals surface area contributed by atoms with Gasteiger partial charge in [0.15, 0.2) is 0 Å². The molecule has 100 valence electrons. The molecule has 1 aromatic rings. The van der Waals surface area contributed by atoms with Crippen LogP contribution in [0.15, 0.2) is 24.3 Å². The zero-order chi connectivity index (χ0) is 12.8. The van der Waals surface area contributed by atoms with Crippen molar-refractivity contribution in [1.82, 2.24) is 5.32 Å². The van der Waals surface area contributed by atoms with Gasteiger partial charge in [0, 0.05) is 19.7 Å². The quantitative estimate of drug-likeness (QED) is 0.860. The molecule has 2 atom stereocenters. The van der Waals surface area contributed by atoms with E-state index in [1.54, 1.807) is 7.11 Å². The molecule has 1 fully saturated rings. The summed E-state index contributed by atoms with van der Waals surface area (Å²) < 4.78 is 5.17. The Hall–Kier alpha value is -0.860. The van der Waals surface area contributed by atoms with Crippen LogP contribution in [0.4, 0.5) is 0 Å². The molecule has 0 amide bonds. The van der Waals surface area contributed by atoms with Crippen LogP contribution in [0.2, 0.25) is 0 Å². The number of hydrogen-bond donors (Lipinski definition) is 1. The van der Waals surface area contributed by atoms with Gasteiger partial charge in [-0.25, -0.2) is 0 Å². The summed E-state index contributed by atoms with van der Waals surface area (Å²) in [6.45, 7) is 4.05. The van der Waals surface area contributed by atoms with Gasteiger partial charge in [-0.2, -0.15) is 0 Å². The largest absolute Gasteiger partial charge is 0.380 e. The Morgan fingerprint density at radius 1 is 1.22 bits per heavy atom. The number of hydrogen-bond acceptors (Lipinski definition) is 2. The van der Waals surface area contributed by atoms with Crippen molar-refractivity contribution in [2.24, 2.45) is 5.92 Å². The molecule has 2 heteroatoms. The fourth-order valence-electron chi connectivity index (χ4n) is 2.86. The van der Waals surface area contributed by atoms with Crippen LogP contribution in [0.1, 0.15) is 43.7 Å². The van der Waals surface area contributed by atoms with E-state index in [0.717, 1.165) is 12.5 Å². The number of benzene rings is 1. The van der Waals surface area contributed by atoms with Gasteiger partial charge < -0.3 is 10.1 Å². The smallest absolute Gasteiger partial charge is 0.0713 e. The van der Waals surface area contributed by atoms with Gasteiger partial charge in [-0.05, 0) is 29.9 Å². The first-order chi connectivity index (χ1) is 8.79. The summed E-state index contributed by atoms with van der Waals surface area (Å²) in [4.78, 5) is 0. The van der Waals surface area contributed by atoms with Crippen LogP contribution in [0.25, 0.3) is 0 Å². The van der Waals surface area contributed by atoms with Crippen molar-refractivity contribution in [3.05, 3.63) is 35.4 Å². The van der Waals surface area contributed by atoms with Gasteiger partial charge in [-0.15, -0.1) is 0 Å². The highest BCUT2D eigenvalue weighted by molar-refractivity contribution is 5.22. The van der Waals surface area contributed by atoms with Crippen LogP contribution in [0, 0.1) is 5.92 Å². The van der Waals surface area contributed by atoms with E-state index in [-0.39, 0.29) is 0 Å². The standard InChI is InChI=1S/C16H25NO/c1-13-6-3-4-9-16(13)17-11-14-7-5-8-15(10-14)12-18-2/h5,7-8,10,13,16-17H,3-4,6,9,11-12H2,1-2H3. The van der Waals surface area contributed by atoms with E-state index in [9.17, 15) is 0 Å². The molecule has 0 saturated heterocycles. The number of rotatable bonds is 5. The van der Waals surface area contributed by atoms with Gasteiger partial charge in [0.1, 0.15) is 0 Å². The molecule has 2 nitrogen and oxygen atoms in total. The van der Waals surface area contributed by atoms with E-state index in [1.165, 1.54) is 36.8 Å². The minimum Gasteiger partial charge on any atom is -0.380 e. The normalized spacial score (nSPS) is 24.1. The summed E-state index contributed by atoms with van der Waals surface area (Å²) in [6, 6.07) is 9.38. The monoisotopic (exact) mass is 247 g/mol. The van der Waals surface area contributed by atoms with Crippen LogP contribution in [0.5, 0.6) is 0 Å². The highest BCUT2D eigenvalue weighted by Crippen LogP contribution is 2.24. The molecule has 0 aromatic heterocycles. The molecule has 18 heavy (non-hydrogen) atoms. The molecule has 1 aromatic carbocycles. The molecule has 0 aliphatic heterocycles. The first-order valence-electron chi connectivity index (χ1n) is 7.09. The van der Waals surface area contributed by atoms with Gasteiger partial charge in [0.2, 0.25) is 0 Å². The molecule has 1 aliphatic rings. The lowest BCUT2D eigenvalue weighted by molar-refractivity contribution is 0.185. The second-order valence-corrected chi connectivity index (χ2v) is 5.50. The first kappa shape index (κ1) is 13.6. The Labute approximate surface area is 111 Å². The molecule has 1 saturated carbocycles. The highest BCUT2D eigenvalue weighted by Gasteiger charge is 2.20. The Morgan fingerprint density at radius 2 is 2.00 bits per heavy atom. The molecule has 0 spiro atoms. The van der Waals surface area contributed by atoms with Crippen molar-refractivity contribution in [3.63, 3.8) is 0 Å². The van der Waals surface area contributed by atoms with Gasteiger partial charge in [-0.1, -0.05) is 44.0 Å². The zero-order valence-electron chi connectivity index (χ0n) is 11.6. The number of methoxy groups -OCH3 is 1. The van der Waals surface area contributed by atoms with Gasteiger partial charge in [0.25, 0.3) is 0 Å². The highest BCUT2D eigenvalue weighted by atomic mass is 16.5. The van der Waals surface area contributed by atoms with E-state index in [0.29, 0.717) is 12.6 Å². The molecular weight excluding hydrogens is 222 g/mol. The van der Waals surface area contributed by atoms with E-state index in [4.69, 9.17) is 4.74 Å². The maximum absolute atomic E-state index is 5.17. The third kappa shape index (κ3) is 3.82. The van der Waals surface area contributed by atoms with E-state index in [2.05, 4.69) is 36.5 Å². The van der Waals surface area contributed by atoms with Crippen molar-refractivity contribution in [2.45, 2.75) is 51.8 Å². The van der Waals surface area contributed by atoms with Crippen LogP contribution in [-0.4, -0.2) is 13.2 Å². The van der Waals surface area contributed by atoms with Crippen LogP contribution in [0.3, 0.4) is 0 Å². The fraction of sp³-hybridized carbons (Fsp3) is 0.625. The lowest BCUT2D eigenvalue weighted by Gasteiger charge is -2.29. The van der Waals surface area contributed by atoms with Gasteiger partial charge in [0.05, 0.1) is 6.61 Å². The summed E-state index contributed by atoms with van der Waals surface area (Å²) in [5.41, 5.74) is 2.62. The topological polar surface area (TPSA) is 21.3 Å². The van der Waals surface area contributed by atoms with E-state index >= 15 is 0 Å². The van der Waals surface area contributed by atoms with Crippen molar-refractivity contribution < 1.29 is 4.74 Å². The molecule has 2 rings (SSSR count). The summed E-state index contributed by atoms with van der Waals surface area (Å²) >= 11 is 0. The van der Waals surface area contributed by atoms with Gasteiger partial charge in [-0.3, -0.25) is 0 Å². The average molecular weight is 247 g/mol. The molecule has 0 bridgehead atoms. The summed E-state index contributed by atoms with van der Waals surface area (Å²) in [5.74, 6) is 0.820. The predicted molar refractivity (Wildman–Crippen MR) is 75.4 cm³/mol. The van der Waals surface area contributed by atoms with Crippen molar-refractivity contribution >= 4 is 0 Å². The Bertz CT molecular complexity index is 364. The molecule has 1 N–H and O–H groups in total. The second kappa shape index (κ2) is 6.91. The van der Waals surface area contributed by atoms with Crippen LogP contribution >= 0.6 is 0 Å². The minimum absolute atomic E-state index is 0.699. The predicted octanol–water partition coefficient (Wildman–Crippen LogP) is 3.50. The molecule has 0 radical (unpaired) electrons. The fourth-order valence-corrected chi connectivity index (χ4v) is 2.86. The summed E-state index contributed by atoms with van der Waals surface area (Å²) in [7, 11) is 1.74. The lowest BCUT2D eigenvalue weighted by atomic mass is 9.86. The average Bonchev–Trinajstić information content (AvgIpc) is 2.39. The molecule has 0 heterocycles. The van der Waals surface area contributed by atoms with Crippen molar-refractivity contribution in [2.75, 3.05) is 7.11 Å². The lowest BCUT2D eigenvalue weighted by Crippen LogP contribution is -2.36. The van der Waals surface area contributed by atoms with Gasteiger partial charge >= 0.3 is 0 Å². The SMILES string of the molecule is COCc1cccc(CNC2CCCCC2C)c1. The molecular formula is C16H25NO. The molecule has 2 unspecified atom stereocenters. The first-order valence-corrected chi connectivity index (χ1v) is 7.09. The Kier molecular flexibility index (Phi) is 5.21. The third-order valence-electron chi connectivity index (χ3n) is 3.98. The maximum atomic E-state index is 5.17. The van der Waals surface area contributed by atoms with Crippen molar-refractivity contribution in [1.29, 1.82) is 0 Å². The van der Waals surface area contributed by atoms with Crippen LogP contribution in [-0.2, 0) is 17.9 Å². The second-order valence-electron chi connectivity index (χ2n) is 5.50. The van der Waals surface area contributed by atoms with E-state index in [1.807, 2.05) is 0 Å². The van der Waals surface area contributed by atoms with Crippen LogP contribution < -0.4 is 5.32 Å². The number of nitrogens with one attached hydrogen (secondary N) is 1. The maximum Gasteiger partial charge on any atom is 0.0713 e. The number of ether oxygens (including phenoxy) is 1.